The average Bonchev–Trinajstić information content (AvgIpc) is 2.26. The van der Waals surface area contributed by atoms with E-state index in [4.69, 9.17) is 23.2 Å². The smallest absolute Gasteiger partial charge is 0.292 e. The molecule has 1 heterocycles. The zero-order valence-corrected chi connectivity index (χ0v) is 11.2. The van der Waals surface area contributed by atoms with Gasteiger partial charge in [-0.15, -0.1) is 0 Å². The molecule has 6 nitrogen and oxygen atoms in total. The van der Waals surface area contributed by atoms with Gasteiger partial charge in [-0.3, -0.25) is 10.1 Å². The van der Waals surface area contributed by atoms with Gasteiger partial charge in [0, 0.05) is 17.2 Å². The molecule has 0 aliphatic heterocycles. The highest BCUT2D eigenvalue weighted by Gasteiger charge is 2.14. The van der Waals surface area contributed by atoms with E-state index in [9.17, 15) is 10.1 Å². The van der Waals surface area contributed by atoms with Crippen LogP contribution in [0.5, 0.6) is 0 Å². The molecule has 2 aromatic rings. The van der Waals surface area contributed by atoms with Gasteiger partial charge < -0.3 is 5.32 Å². The van der Waals surface area contributed by atoms with Crippen LogP contribution in [0.15, 0.2) is 24.3 Å². The lowest BCUT2D eigenvalue weighted by atomic mass is 10.2. The molecular weight excluding hydrogens is 291 g/mol. The van der Waals surface area contributed by atoms with Crippen LogP contribution in [0.4, 0.5) is 17.2 Å². The lowest BCUT2D eigenvalue weighted by Gasteiger charge is -2.07. The van der Waals surface area contributed by atoms with E-state index in [2.05, 4.69) is 15.3 Å². The average molecular weight is 299 g/mol. The van der Waals surface area contributed by atoms with E-state index in [0.29, 0.717) is 16.7 Å². The molecule has 2 rings (SSSR count). The molecule has 0 saturated heterocycles. The van der Waals surface area contributed by atoms with Gasteiger partial charge in [0.2, 0.25) is 0 Å². The lowest BCUT2D eigenvalue weighted by Crippen LogP contribution is -2.00. The Hall–Kier alpha value is -1.92. The second-order valence-corrected chi connectivity index (χ2v) is 4.49. The molecule has 0 unspecified atom stereocenters. The molecule has 0 amide bonds. The van der Waals surface area contributed by atoms with Crippen molar-refractivity contribution >= 4 is 40.4 Å². The number of nitro benzene ring substituents is 1. The third-order valence-electron chi connectivity index (χ3n) is 2.22. The summed E-state index contributed by atoms with van der Waals surface area (Å²) in [6, 6.07) is 5.69. The third-order valence-corrected chi connectivity index (χ3v) is 2.65. The summed E-state index contributed by atoms with van der Waals surface area (Å²) in [7, 11) is 0. The Morgan fingerprint density at radius 1 is 1.26 bits per heavy atom. The minimum Gasteiger partial charge on any atom is -0.334 e. The second kappa shape index (κ2) is 5.38. The number of nitro groups is 1. The summed E-state index contributed by atoms with van der Waals surface area (Å²) < 4.78 is 0. The van der Waals surface area contributed by atoms with Gasteiger partial charge in [0.05, 0.1) is 4.92 Å². The highest BCUT2D eigenvalue weighted by atomic mass is 35.5. The largest absolute Gasteiger partial charge is 0.334 e. The summed E-state index contributed by atoms with van der Waals surface area (Å²) in [5.41, 5.74) is 0.142. The van der Waals surface area contributed by atoms with Gasteiger partial charge in [0.1, 0.15) is 22.5 Å². The summed E-state index contributed by atoms with van der Waals surface area (Å²) in [6.45, 7) is 1.67. The standard InChI is InChI=1S/C11H8Cl2N4O2/c1-6-14-10(13)5-11(15-6)16-8-4-7(12)2-3-9(8)17(18)19/h2-5H,1H3,(H,14,15,16). The van der Waals surface area contributed by atoms with Gasteiger partial charge in [0.25, 0.3) is 5.69 Å². The predicted octanol–water partition coefficient (Wildman–Crippen LogP) is 3.74. The maximum atomic E-state index is 10.9. The number of halogens is 2. The van der Waals surface area contributed by atoms with Crippen LogP contribution in [-0.2, 0) is 0 Å². The molecule has 1 aromatic heterocycles. The van der Waals surface area contributed by atoms with E-state index in [1.54, 1.807) is 6.92 Å². The van der Waals surface area contributed by atoms with Gasteiger partial charge >= 0.3 is 0 Å². The molecule has 1 aromatic carbocycles. The number of anilines is 2. The Morgan fingerprint density at radius 3 is 2.63 bits per heavy atom. The number of hydrogen-bond acceptors (Lipinski definition) is 5. The first-order valence-electron chi connectivity index (χ1n) is 5.18. The van der Waals surface area contributed by atoms with Crippen LogP contribution in [0.1, 0.15) is 5.82 Å². The summed E-state index contributed by atoms with van der Waals surface area (Å²) >= 11 is 11.6. The van der Waals surface area contributed by atoms with Crippen molar-refractivity contribution in [1.82, 2.24) is 9.97 Å². The van der Waals surface area contributed by atoms with Crippen LogP contribution in [0, 0.1) is 17.0 Å². The zero-order chi connectivity index (χ0) is 14.0. The van der Waals surface area contributed by atoms with E-state index in [-0.39, 0.29) is 16.5 Å². The van der Waals surface area contributed by atoms with E-state index < -0.39 is 4.92 Å². The summed E-state index contributed by atoms with van der Waals surface area (Å²) in [5.74, 6) is 0.822. The molecule has 0 bridgehead atoms. The van der Waals surface area contributed by atoms with Crippen LogP contribution in [-0.4, -0.2) is 14.9 Å². The van der Waals surface area contributed by atoms with E-state index in [1.807, 2.05) is 0 Å². The van der Waals surface area contributed by atoms with Gasteiger partial charge in [-0.1, -0.05) is 23.2 Å². The number of hydrogen-bond donors (Lipinski definition) is 1. The van der Waals surface area contributed by atoms with Crippen molar-refractivity contribution in [2.75, 3.05) is 5.32 Å². The predicted molar refractivity (Wildman–Crippen MR) is 73.2 cm³/mol. The molecule has 0 spiro atoms. The molecule has 0 fully saturated rings. The van der Waals surface area contributed by atoms with Crippen molar-refractivity contribution in [3.05, 3.63) is 50.4 Å². The molecule has 8 heteroatoms. The maximum Gasteiger partial charge on any atom is 0.292 e. The molecule has 0 radical (unpaired) electrons. The van der Waals surface area contributed by atoms with Crippen molar-refractivity contribution in [3.8, 4) is 0 Å². The number of aryl methyl sites for hydroxylation is 1. The molecular formula is C11H8Cl2N4O2. The van der Waals surface area contributed by atoms with E-state index >= 15 is 0 Å². The fourth-order valence-corrected chi connectivity index (χ4v) is 1.90. The van der Waals surface area contributed by atoms with Crippen LogP contribution in [0.25, 0.3) is 0 Å². The minimum atomic E-state index is -0.506. The molecule has 0 atom stereocenters. The van der Waals surface area contributed by atoms with Crippen LogP contribution in [0.2, 0.25) is 10.2 Å². The first-order valence-corrected chi connectivity index (χ1v) is 5.93. The van der Waals surface area contributed by atoms with Gasteiger partial charge in [0.15, 0.2) is 0 Å². The Labute approximate surface area is 118 Å². The van der Waals surface area contributed by atoms with Gasteiger partial charge in [-0.05, 0) is 19.1 Å². The molecule has 19 heavy (non-hydrogen) atoms. The third kappa shape index (κ3) is 3.30. The van der Waals surface area contributed by atoms with Crippen molar-refractivity contribution in [2.24, 2.45) is 0 Å². The zero-order valence-electron chi connectivity index (χ0n) is 9.72. The maximum absolute atomic E-state index is 10.9. The first-order chi connectivity index (χ1) is 8.95. The van der Waals surface area contributed by atoms with Crippen molar-refractivity contribution in [2.45, 2.75) is 6.92 Å². The van der Waals surface area contributed by atoms with Crippen LogP contribution >= 0.6 is 23.2 Å². The number of benzene rings is 1. The van der Waals surface area contributed by atoms with Crippen LogP contribution in [0.3, 0.4) is 0 Å². The summed E-state index contributed by atoms with van der Waals surface area (Å²) in [5, 5.41) is 14.4. The Kier molecular flexibility index (Phi) is 3.82. The Morgan fingerprint density at radius 2 is 2.00 bits per heavy atom. The van der Waals surface area contributed by atoms with E-state index in [0.717, 1.165) is 0 Å². The van der Waals surface area contributed by atoms with Crippen LogP contribution < -0.4 is 5.32 Å². The highest BCUT2D eigenvalue weighted by molar-refractivity contribution is 6.31. The summed E-state index contributed by atoms with van der Waals surface area (Å²) in [4.78, 5) is 18.4. The monoisotopic (exact) mass is 298 g/mol. The Balaban J connectivity index is 2.42. The molecule has 1 N–H and O–H groups in total. The fourth-order valence-electron chi connectivity index (χ4n) is 1.50. The molecule has 0 saturated carbocycles. The van der Waals surface area contributed by atoms with Crippen molar-refractivity contribution in [1.29, 1.82) is 0 Å². The Bertz CT molecular complexity index is 628. The molecule has 98 valence electrons. The fraction of sp³-hybridized carbons (Fsp3) is 0.0909. The number of rotatable bonds is 3. The topological polar surface area (TPSA) is 81.0 Å². The van der Waals surface area contributed by atoms with E-state index in [1.165, 1.54) is 24.3 Å². The second-order valence-electron chi connectivity index (χ2n) is 3.67. The number of aromatic nitrogens is 2. The normalized spacial score (nSPS) is 10.3. The van der Waals surface area contributed by atoms with Crippen molar-refractivity contribution in [3.63, 3.8) is 0 Å². The minimum absolute atomic E-state index is 0.100. The van der Waals surface area contributed by atoms with Gasteiger partial charge in [-0.2, -0.15) is 0 Å². The quantitative estimate of drug-likeness (QED) is 0.530. The van der Waals surface area contributed by atoms with Crippen molar-refractivity contribution < 1.29 is 4.92 Å². The summed E-state index contributed by atoms with van der Waals surface area (Å²) in [6.07, 6.45) is 0. The molecule has 0 aliphatic carbocycles. The highest BCUT2D eigenvalue weighted by Crippen LogP contribution is 2.30. The molecule has 0 aliphatic rings. The lowest BCUT2D eigenvalue weighted by molar-refractivity contribution is -0.383. The number of nitrogens with one attached hydrogen (secondary N) is 1. The van der Waals surface area contributed by atoms with Gasteiger partial charge in [-0.25, -0.2) is 9.97 Å². The first kappa shape index (κ1) is 13.5. The SMILES string of the molecule is Cc1nc(Cl)cc(Nc2cc(Cl)ccc2[N+](=O)[O-])n1. The number of nitrogens with zero attached hydrogens (tertiary/aromatic N) is 3.